The molecule has 0 bridgehead atoms. The molecule has 0 radical (unpaired) electrons. The van der Waals surface area contributed by atoms with E-state index in [1.807, 2.05) is 0 Å². The number of aliphatic hydroxyl groups is 1. The summed E-state index contributed by atoms with van der Waals surface area (Å²) in [5.41, 5.74) is 0.723. The molecule has 4 heteroatoms. The maximum atomic E-state index is 12.7. The van der Waals surface area contributed by atoms with Crippen LogP contribution in [0.3, 0.4) is 0 Å². The Balaban J connectivity index is 1.92. The van der Waals surface area contributed by atoms with Gasteiger partial charge in [0.1, 0.15) is 11.9 Å². The SMILES string of the molecule is CC1=CC[C@@]2(C)CCC(O)(C(C)C)[C@@H]2[C@@H](OC(=O)c2ccc(O)cc2)C1. The minimum absolute atomic E-state index is 0.0727. The second-order valence-electron chi connectivity index (χ2n) is 8.73. The Labute approximate surface area is 155 Å². The first kappa shape index (κ1) is 19.0. The summed E-state index contributed by atoms with van der Waals surface area (Å²) in [6.45, 7) is 8.39. The van der Waals surface area contributed by atoms with E-state index in [1.54, 1.807) is 12.1 Å². The number of esters is 1. The van der Waals surface area contributed by atoms with Crippen LogP contribution in [-0.4, -0.2) is 27.9 Å². The number of aromatic hydroxyl groups is 1. The maximum absolute atomic E-state index is 12.7. The molecule has 2 aliphatic carbocycles. The normalized spacial score (nSPS) is 34.2. The number of carbonyl (C=O) groups is 1. The molecule has 2 N–H and O–H groups in total. The van der Waals surface area contributed by atoms with Crippen LogP contribution in [0.25, 0.3) is 0 Å². The Morgan fingerprint density at radius 3 is 2.50 bits per heavy atom. The lowest BCUT2D eigenvalue weighted by molar-refractivity contribution is -0.112. The summed E-state index contributed by atoms with van der Waals surface area (Å²) < 4.78 is 5.97. The van der Waals surface area contributed by atoms with Gasteiger partial charge in [-0.25, -0.2) is 4.79 Å². The highest BCUT2D eigenvalue weighted by Crippen LogP contribution is 2.58. The first-order valence-electron chi connectivity index (χ1n) is 9.54. The number of phenols is 1. The molecule has 4 nitrogen and oxygen atoms in total. The third-order valence-electron chi connectivity index (χ3n) is 6.56. The van der Waals surface area contributed by atoms with Crippen LogP contribution in [0, 0.1) is 17.3 Å². The number of hydrogen-bond donors (Lipinski definition) is 2. The summed E-state index contributed by atoms with van der Waals surface area (Å²) in [7, 11) is 0. The second-order valence-corrected chi connectivity index (χ2v) is 8.73. The minimum atomic E-state index is -0.826. The van der Waals surface area contributed by atoms with Crippen LogP contribution < -0.4 is 0 Å². The molecule has 0 aliphatic heterocycles. The molecule has 1 saturated carbocycles. The Hall–Kier alpha value is -1.81. The average molecular weight is 358 g/mol. The zero-order valence-electron chi connectivity index (χ0n) is 16.2. The van der Waals surface area contributed by atoms with E-state index in [0.29, 0.717) is 12.0 Å². The van der Waals surface area contributed by atoms with Crippen molar-refractivity contribution in [3.8, 4) is 5.75 Å². The summed E-state index contributed by atoms with van der Waals surface area (Å²) in [6.07, 6.45) is 5.13. The van der Waals surface area contributed by atoms with Gasteiger partial charge in [0.15, 0.2) is 0 Å². The fourth-order valence-electron chi connectivity index (χ4n) is 4.89. The van der Waals surface area contributed by atoms with Crippen LogP contribution >= 0.6 is 0 Å². The zero-order chi connectivity index (χ0) is 19.1. The lowest BCUT2D eigenvalue weighted by Crippen LogP contribution is -2.50. The number of phenolic OH excluding ortho intramolecular Hbond substituents is 1. The van der Waals surface area contributed by atoms with E-state index in [4.69, 9.17) is 4.74 Å². The molecule has 142 valence electrons. The highest BCUT2D eigenvalue weighted by Gasteiger charge is 2.59. The highest BCUT2D eigenvalue weighted by atomic mass is 16.5. The van der Waals surface area contributed by atoms with Crippen LogP contribution in [-0.2, 0) is 4.74 Å². The van der Waals surface area contributed by atoms with Crippen LogP contribution in [0.5, 0.6) is 5.75 Å². The number of ether oxygens (including phenoxy) is 1. The van der Waals surface area contributed by atoms with E-state index in [2.05, 4.69) is 33.8 Å². The molecule has 2 aliphatic rings. The Morgan fingerprint density at radius 1 is 1.23 bits per heavy atom. The van der Waals surface area contributed by atoms with Gasteiger partial charge in [-0.05, 0) is 61.8 Å². The van der Waals surface area contributed by atoms with Gasteiger partial charge in [0.25, 0.3) is 0 Å². The fraction of sp³-hybridized carbons (Fsp3) is 0.591. The van der Waals surface area contributed by atoms with Gasteiger partial charge >= 0.3 is 5.97 Å². The Bertz CT molecular complexity index is 705. The van der Waals surface area contributed by atoms with E-state index in [1.165, 1.54) is 17.7 Å². The molecular formula is C22H30O4. The van der Waals surface area contributed by atoms with E-state index < -0.39 is 11.6 Å². The predicted octanol–water partition coefficient (Wildman–Crippen LogP) is 4.46. The standard InChI is InChI=1S/C22H30O4/c1-14(2)22(25)12-11-21(4)10-9-15(3)13-18(19(21)22)26-20(24)16-5-7-17(23)8-6-16/h5-9,14,18-19,23,25H,10-13H2,1-4H3/t18-,19+,21-,22?/m0/s1. The summed E-state index contributed by atoms with van der Waals surface area (Å²) >= 11 is 0. The Kier molecular flexibility index (Phi) is 4.91. The van der Waals surface area contributed by atoms with Crippen LogP contribution in [0.15, 0.2) is 35.9 Å². The van der Waals surface area contributed by atoms with Crippen LogP contribution in [0.4, 0.5) is 0 Å². The van der Waals surface area contributed by atoms with E-state index in [-0.39, 0.29) is 29.1 Å². The minimum Gasteiger partial charge on any atom is -0.508 e. The predicted molar refractivity (Wildman–Crippen MR) is 101 cm³/mol. The average Bonchev–Trinajstić information content (AvgIpc) is 2.78. The van der Waals surface area contributed by atoms with Crippen LogP contribution in [0.1, 0.15) is 63.7 Å². The number of benzene rings is 1. The third-order valence-corrected chi connectivity index (χ3v) is 6.56. The van der Waals surface area contributed by atoms with E-state index >= 15 is 0 Å². The van der Waals surface area contributed by atoms with Gasteiger partial charge in [-0.3, -0.25) is 0 Å². The number of allylic oxidation sites excluding steroid dienone is 1. The van der Waals surface area contributed by atoms with Crippen molar-refractivity contribution in [2.75, 3.05) is 0 Å². The number of hydrogen-bond acceptors (Lipinski definition) is 4. The quantitative estimate of drug-likeness (QED) is 0.618. The van der Waals surface area contributed by atoms with Crippen molar-refractivity contribution < 1.29 is 19.7 Å². The smallest absolute Gasteiger partial charge is 0.338 e. The lowest BCUT2D eigenvalue weighted by atomic mass is 9.67. The molecule has 1 fully saturated rings. The summed E-state index contributed by atoms with van der Waals surface area (Å²) in [5, 5.41) is 20.9. The topological polar surface area (TPSA) is 66.8 Å². The van der Waals surface area contributed by atoms with Crippen molar-refractivity contribution in [1.82, 2.24) is 0 Å². The molecule has 4 atom stereocenters. The molecule has 0 amide bonds. The summed E-state index contributed by atoms with van der Waals surface area (Å²) in [6, 6.07) is 6.11. The first-order valence-corrected chi connectivity index (χ1v) is 9.54. The third kappa shape index (κ3) is 3.27. The zero-order valence-corrected chi connectivity index (χ0v) is 16.2. The van der Waals surface area contributed by atoms with Crippen molar-refractivity contribution in [2.24, 2.45) is 17.3 Å². The molecule has 0 heterocycles. The number of carbonyl (C=O) groups excluding carboxylic acids is 1. The summed E-state index contributed by atoms with van der Waals surface area (Å²) in [5.74, 6) is -0.273. The van der Waals surface area contributed by atoms with Crippen molar-refractivity contribution in [1.29, 1.82) is 0 Å². The van der Waals surface area contributed by atoms with Gasteiger partial charge in [-0.15, -0.1) is 0 Å². The molecule has 26 heavy (non-hydrogen) atoms. The molecule has 1 unspecified atom stereocenters. The highest BCUT2D eigenvalue weighted by molar-refractivity contribution is 5.89. The number of rotatable bonds is 3. The van der Waals surface area contributed by atoms with Crippen molar-refractivity contribution >= 4 is 5.97 Å². The number of fused-ring (bicyclic) bond motifs is 1. The van der Waals surface area contributed by atoms with E-state index in [0.717, 1.165) is 19.3 Å². The van der Waals surface area contributed by atoms with Gasteiger partial charge in [0.05, 0.1) is 11.2 Å². The lowest BCUT2D eigenvalue weighted by Gasteiger charge is -2.43. The van der Waals surface area contributed by atoms with Crippen molar-refractivity contribution in [3.63, 3.8) is 0 Å². The molecular weight excluding hydrogens is 328 g/mol. The molecule has 0 saturated heterocycles. The van der Waals surface area contributed by atoms with E-state index in [9.17, 15) is 15.0 Å². The fourth-order valence-corrected chi connectivity index (χ4v) is 4.89. The molecule has 0 spiro atoms. The summed E-state index contributed by atoms with van der Waals surface area (Å²) in [4.78, 5) is 12.7. The van der Waals surface area contributed by atoms with Crippen LogP contribution in [0.2, 0.25) is 0 Å². The van der Waals surface area contributed by atoms with Gasteiger partial charge in [0.2, 0.25) is 0 Å². The maximum Gasteiger partial charge on any atom is 0.338 e. The van der Waals surface area contributed by atoms with Crippen molar-refractivity contribution in [2.45, 2.75) is 65.1 Å². The van der Waals surface area contributed by atoms with Crippen molar-refractivity contribution in [3.05, 3.63) is 41.5 Å². The van der Waals surface area contributed by atoms with Gasteiger partial charge in [-0.1, -0.05) is 32.4 Å². The van der Waals surface area contributed by atoms with Gasteiger partial charge in [-0.2, -0.15) is 0 Å². The second kappa shape index (κ2) is 6.73. The van der Waals surface area contributed by atoms with Gasteiger partial charge < -0.3 is 14.9 Å². The molecule has 1 aromatic rings. The first-order chi connectivity index (χ1) is 12.2. The molecule has 1 aromatic carbocycles. The molecule has 0 aromatic heterocycles. The van der Waals surface area contributed by atoms with Gasteiger partial charge in [0, 0.05) is 12.3 Å². The Morgan fingerprint density at radius 2 is 1.88 bits per heavy atom. The molecule has 3 rings (SSSR count). The largest absolute Gasteiger partial charge is 0.508 e. The monoisotopic (exact) mass is 358 g/mol.